The van der Waals surface area contributed by atoms with Gasteiger partial charge in [0.1, 0.15) is 0 Å². The fourth-order valence-corrected chi connectivity index (χ4v) is 2.99. The molecule has 0 aromatic heterocycles. The normalized spacial score (nSPS) is 11.2. The Labute approximate surface area is 114 Å². The number of halogens is 1. The van der Waals surface area contributed by atoms with Gasteiger partial charge in [0.25, 0.3) is 10.0 Å². The molecular weight excluding hydrogens is 316 g/mol. The topological polar surface area (TPSA) is 72.2 Å². The smallest absolute Gasteiger partial charge is 0.261 e. The number of hydrogen-bond acceptors (Lipinski definition) is 3. The minimum absolute atomic E-state index is 0.208. The third kappa shape index (κ3) is 2.83. The van der Waals surface area contributed by atoms with E-state index in [-0.39, 0.29) is 4.90 Å². The van der Waals surface area contributed by atoms with Gasteiger partial charge in [-0.15, -0.1) is 0 Å². The van der Waals surface area contributed by atoms with Gasteiger partial charge in [0.15, 0.2) is 0 Å². The summed E-state index contributed by atoms with van der Waals surface area (Å²) in [6.07, 6.45) is 0. The molecule has 0 atom stereocenters. The second-order valence-electron chi connectivity index (χ2n) is 3.66. The summed E-state index contributed by atoms with van der Waals surface area (Å²) in [6, 6.07) is 13.1. The Morgan fingerprint density at radius 1 is 1.06 bits per heavy atom. The molecule has 2 aromatic carbocycles. The summed E-state index contributed by atoms with van der Waals surface area (Å²) in [7, 11) is -3.59. The SMILES string of the molecule is Nc1ccc(Br)c(NS(=O)(=O)c2ccccc2)c1. The molecule has 0 fully saturated rings. The van der Waals surface area contributed by atoms with E-state index in [9.17, 15) is 8.42 Å². The predicted molar refractivity (Wildman–Crippen MR) is 75.8 cm³/mol. The van der Waals surface area contributed by atoms with Crippen LogP contribution in [-0.4, -0.2) is 8.42 Å². The third-order valence-corrected chi connectivity index (χ3v) is 4.36. The number of nitrogen functional groups attached to an aromatic ring is 1. The van der Waals surface area contributed by atoms with Crippen LogP contribution in [0.15, 0.2) is 57.9 Å². The van der Waals surface area contributed by atoms with E-state index in [1.54, 1.807) is 36.4 Å². The fraction of sp³-hybridized carbons (Fsp3) is 0. The number of benzene rings is 2. The second kappa shape index (κ2) is 4.99. The van der Waals surface area contributed by atoms with Crippen molar-refractivity contribution in [3.05, 3.63) is 53.0 Å². The Bertz CT molecular complexity index is 657. The molecule has 3 N–H and O–H groups in total. The summed E-state index contributed by atoms with van der Waals surface area (Å²) < 4.78 is 27.3. The van der Waals surface area contributed by atoms with E-state index in [1.165, 1.54) is 12.1 Å². The van der Waals surface area contributed by atoms with Gasteiger partial charge in [0.05, 0.1) is 10.6 Å². The zero-order valence-electron chi connectivity index (χ0n) is 9.30. The summed E-state index contributed by atoms with van der Waals surface area (Å²) in [5.41, 5.74) is 6.53. The van der Waals surface area contributed by atoms with Crippen molar-refractivity contribution in [3.63, 3.8) is 0 Å². The van der Waals surface area contributed by atoms with Gasteiger partial charge in [0.2, 0.25) is 0 Å². The van der Waals surface area contributed by atoms with Crippen molar-refractivity contribution in [2.75, 3.05) is 10.5 Å². The Morgan fingerprint density at radius 3 is 2.39 bits per heavy atom. The molecule has 6 heteroatoms. The molecule has 4 nitrogen and oxygen atoms in total. The van der Waals surface area contributed by atoms with E-state index < -0.39 is 10.0 Å². The van der Waals surface area contributed by atoms with Crippen molar-refractivity contribution >= 4 is 37.3 Å². The molecular formula is C12H11BrN2O2S. The van der Waals surface area contributed by atoms with Crippen LogP contribution in [0.5, 0.6) is 0 Å². The summed E-state index contributed by atoms with van der Waals surface area (Å²) in [5.74, 6) is 0. The summed E-state index contributed by atoms with van der Waals surface area (Å²) in [4.78, 5) is 0.208. The van der Waals surface area contributed by atoms with Crippen LogP contribution in [0.4, 0.5) is 11.4 Å². The molecule has 2 rings (SSSR count). The summed E-state index contributed by atoms with van der Waals surface area (Å²) in [5, 5.41) is 0. The number of anilines is 2. The van der Waals surface area contributed by atoms with E-state index in [0.717, 1.165) is 0 Å². The highest BCUT2D eigenvalue weighted by molar-refractivity contribution is 9.10. The highest BCUT2D eigenvalue weighted by Gasteiger charge is 2.14. The van der Waals surface area contributed by atoms with Gasteiger partial charge >= 0.3 is 0 Å². The fourth-order valence-electron chi connectivity index (χ4n) is 1.42. The Balaban J connectivity index is 2.37. The molecule has 0 saturated heterocycles. The molecule has 0 spiro atoms. The Hall–Kier alpha value is -1.53. The van der Waals surface area contributed by atoms with Crippen LogP contribution in [-0.2, 0) is 10.0 Å². The Kier molecular flexibility index (Phi) is 3.58. The first-order valence-corrected chi connectivity index (χ1v) is 7.39. The number of sulfonamides is 1. The van der Waals surface area contributed by atoms with Crippen molar-refractivity contribution in [1.29, 1.82) is 0 Å². The van der Waals surface area contributed by atoms with Crippen LogP contribution in [0.25, 0.3) is 0 Å². The van der Waals surface area contributed by atoms with Crippen molar-refractivity contribution in [2.45, 2.75) is 4.90 Å². The van der Waals surface area contributed by atoms with E-state index >= 15 is 0 Å². The van der Waals surface area contributed by atoms with E-state index in [4.69, 9.17) is 5.73 Å². The van der Waals surface area contributed by atoms with Crippen LogP contribution < -0.4 is 10.5 Å². The van der Waals surface area contributed by atoms with Crippen LogP contribution >= 0.6 is 15.9 Å². The van der Waals surface area contributed by atoms with Gasteiger partial charge in [0, 0.05) is 10.2 Å². The van der Waals surface area contributed by atoms with Crippen molar-refractivity contribution in [3.8, 4) is 0 Å². The highest BCUT2D eigenvalue weighted by atomic mass is 79.9. The van der Waals surface area contributed by atoms with E-state index in [0.29, 0.717) is 15.8 Å². The van der Waals surface area contributed by atoms with Crippen LogP contribution in [0.1, 0.15) is 0 Å². The number of nitrogens with one attached hydrogen (secondary N) is 1. The molecule has 0 heterocycles. The van der Waals surface area contributed by atoms with E-state index in [2.05, 4.69) is 20.7 Å². The molecule has 0 bridgehead atoms. The molecule has 0 aliphatic carbocycles. The van der Waals surface area contributed by atoms with Crippen LogP contribution in [0.2, 0.25) is 0 Å². The maximum atomic E-state index is 12.1. The molecule has 18 heavy (non-hydrogen) atoms. The lowest BCUT2D eigenvalue weighted by Gasteiger charge is -2.10. The lowest BCUT2D eigenvalue weighted by atomic mass is 10.3. The third-order valence-electron chi connectivity index (χ3n) is 2.29. The molecule has 0 unspecified atom stereocenters. The monoisotopic (exact) mass is 326 g/mol. The maximum absolute atomic E-state index is 12.1. The van der Waals surface area contributed by atoms with Gasteiger partial charge in [-0.3, -0.25) is 4.72 Å². The zero-order valence-corrected chi connectivity index (χ0v) is 11.7. The van der Waals surface area contributed by atoms with Gasteiger partial charge < -0.3 is 5.73 Å². The molecule has 0 amide bonds. The Morgan fingerprint density at radius 2 is 1.72 bits per heavy atom. The van der Waals surface area contributed by atoms with Crippen LogP contribution in [0, 0.1) is 0 Å². The quantitative estimate of drug-likeness (QED) is 0.852. The lowest BCUT2D eigenvalue weighted by molar-refractivity contribution is 0.601. The largest absolute Gasteiger partial charge is 0.399 e. The molecule has 2 aromatic rings. The average Bonchev–Trinajstić information content (AvgIpc) is 2.35. The van der Waals surface area contributed by atoms with Gasteiger partial charge in [-0.1, -0.05) is 18.2 Å². The first-order valence-electron chi connectivity index (χ1n) is 5.12. The molecule has 94 valence electrons. The van der Waals surface area contributed by atoms with Gasteiger partial charge in [-0.05, 0) is 46.3 Å². The molecule has 0 aliphatic heterocycles. The van der Waals surface area contributed by atoms with Crippen molar-refractivity contribution in [2.24, 2.45) is 0 Å². The van der Waals surface area contributed by atoms with Crippen molar-refractivity contribution < 1.29 is 8.42 Å². The maximum Gasteiger partial charge on any atom is 0.261 e. The summed E-state index contributed by atoms with van der Waals surface area (Å²) >= 11 is 3.27. The first-order chi connectivity index (χ1) is 8.49. The number of nitrogens with two attached hydrogens (primary N) is 1. The number of hydrogen-bond donors (Lipinski definition) is 2. The minimum Gasteiger partial charge on any atom is -0.399 e. The lowest BCUT2D eigenvalue weighted by Crippen LogP contribution is -2.13. The molecule has 0 aliphatic rings. The van der Waals surface area contributed by atoms with Crippen LogP contribution in [0.3, 0.4) is 0 Å². The predicted octanol–water partition coefficient (Wildman–Crippen LogP) is 2.83. The van der Waals surface area contributed by atoms with Gasteiger partial charge in [-0.25, -0.2) is 8.42 Å². The minimum atomic E-state index is -3.59. The van der Waals surface area contributed by atoms with Crippen molar-refractivity contribution in [1.82, 2.24) is 0 Å². The average molecular weight is 327 g/mol. The molecule has 0 saturated carbocycles. The zero-order chi connectivity index (χ0) is 13.2. The highest BCUT2D eigenvalue weighted by Crippen LogP contribution is 2.27. The molecule has 0 radical (unpaired) electrons. The van der Waals surface area contributed by atoms with E-state index in [1.807, 2.05) is 0 Å². The first kappa shape index (κ1) is 12.9. The number of rotatable bonds is 3. The second-order valence-corrected chi connectivity index (χ2v) is 6.19. The standard InChI is InChI=1S/C12H11BrN2O2S/c13-11-7-6-9(14)8-12(11)15-18(16,17)10-4-2-1-3-5-10/h1-8,15H,14H2. The van der Waals surface area contributed by atoms with Gasteiger partial charge in [-0.2, -0.15) is 0 Å². The summed E-state index contributed by atoms with van der Waals surface area (Å²) in [6.45, 7) is 0.